The van der Waals surface area contributed by atoms with Crippen LogP contribution in [0, 0.1) is 23.7 Å². The average Bonchev–Trinajstić information content (AvgIpc) is 2.70. The molecule has 2 aliphatic carbocycles. The minimum absolute atomic E-state index is 1.05. The molecule has 0 bridgehead atoms. The normalized spacial score (nSPS) is 42.8. The first kappa shape index (κ1) is 10.1. The Bertz CT molecular complexity index is 193. The number of hydrogen-bond donors (Lipinski definition) is 1. The molecule has 1 nitrogen and oxygen atoms in total. The highest BCUT2D eigenvalue weighted by molar-refractivity contribution is 4.92. The van der Waals surface area contributed by atoms with E-state index in [1.54, 1.807) is 25.7 Å². The standard InChI is InChI=1S/C14H25N/c1-2-4-6-11(5-3-1)12-7-13-9-15-10-14(13)8-12/h11-15H,1-10H2. The van der Waals surface area contributed by atoms with E-state index in [1.165, 1.54) is 38.8 Å². The van der Waals surface area contributed by atoms with Gasteiger partial charge >= 0.3 is 0 Å². The molecule has 3 rings (SSSR count). The van der Waals surface area contributed by atoms with E-state index >= 15 is 0 Å². The zero-order chi connectivity index (χ0) is 10.1. The van der Waals surface area contributed by atoms with Crippen molar-refractivity contribution in [2.75, 3.05) is 13.1 Å². The molecule has 0 amide bonds. The molecule has 0 aromatic rings. The van der Waals surface area contributed by atoms with Gasteiger partial charge in [-0.25, -0.2) is 0 Å². The zero-order valence-corrected chi connectivity index (χ0v) is 9.88. The summed E-state index contributed by atoms with van der Waals surface area (Å²) >= 11 is 0. The van der Waals surface area contributed by atoms with Crippen molar-refractivity contribution in [1.82, 2.24) is 5.32 Å². The molecule has 0 radical (unpaired) electrons. The monoisotopic (exact) mass is 207 g/mol. The fourth-order valence-corrected chi connectivity index (χ4v) is 4.38. The van der Waals surface area contributed by atoms with Crippen molar-refractivity contribution in [2.45, 2.75) is 51.4 Å². The summed E-state index contributed by atoms with van der Waals surface area (Å²) in [5.74, 6) is 4.33. The summed E-state index contributed by atoms with van der Waals surface area (Å²) in [6.45, 7) is 2.65. The number of hydrogen-bond acceptors (Lipinski definition) is 1. The molecule has 86 valence electrons. The van der Waals surface area contributed by atoms with Gasteiger partial charge in [0.15, 0.2) is 0 Å². The first-order valence-corrected chi connectivity index (χ1v) is 7.14. The van der Waals surface area contributed by atoms with E-state index in [-0.39, 0.29) is 0 Å². The summed E-state index contributed by atoms with van der Waals surface area (Å²) in [5, 5.41) is 3.56. The lowest BCUT2D eigenvalue weighted by molar-refractivity contribution is 0.288. The van der Waals surface area contributed by atoms with Crippen LogP contribution in [0.3, 0.4) is 0 Å². The van der Waals surface area contributed by atoms with Crippen molar-refractivity contribution in [3.8, 4) is 0 Å². The van der Waals surface area contributed by atoms with Crippen LogP contribution in [0.25, 0.3) is 0 Å². The molecule has 2 saturated carbocycles. The van der Waals surface area contributed by atoms with Crippen LogP contribution >= 0.6 is 0 Å². The van der Waals surface area contributed by atoms with Gasteiger partial charge in [0.2, 0.25) is 0 Å². The molecular weight excluding hydrogens is 182 g/mol. The SMILES string of the molecule is C1CCCC(C2CC3CNCC3C2)CC1. The second kappa shape index (κ2) is 4.45. The molecule has 3 aliphatic rings. The first-order valence-electron chi connectivity index (χ1n) is 7.14. The van der Waals surface area contributed by atoms with Gasteiger partial charge < -0.3 is 5.32 Å². The van der Waals surface area contributed by atoms with E-state index in [2.05, 4.69) is 5.32 Å². The molecule has 1 saturated heterocycles. The van der Waals surface area contributed by atoms with Crippen LogP contribution in [-0.4, -0.2) is 13.1 Å². The van der Waals surface area contributed by atoms with Crippen LogP contribution < -0.4 is 5.32 Å². The molecule has 1 heteroatoms. The number of fused-ring (bicyclic) bond motifs is 1. The Morgan fingerprint density at radius 3 is 1.80 bits per heavy atom. The van der Waals surface area contributed by atoms with Crippen molar-refractivity contribution in [1.29, 1.82) is 0 Å². The first-order chi connectivity index (χ1) is 7.43. The maximum absolute atomic E-state index is 3.56. The molecule has 15 heavy (non-hydrogen) atoms. The Labute approximate surface area is 94.0 Å². The fraction of sp³-hybridized carbons (Fsp3) is 1.00. The van der Waals surface area contributed by atoms with Gasteiger partial charge in [-0.15, -0.1) is 0 Å². The summed E-state index contributed by atoms with van der Waals surface area (Å²) in [6, 6.07) is 0. The number of rotatable bonds is 1. The van der Waals surface area contributed by atoms with E-state index in [0.29, 0.717) is 0 Å². The smallest absolute Gasteiger partial charge is 0.00172 e. The van der Waals surface area contributed by atoms with Gasteiger partial charge in [0.25, 0.3) is 0 Å². The minimum atomic E-state index is 1.05. The number of nitrogens with one attached hydrogen (secondary N) is 1. The fourth-order valence-electron chi connectivity index (χ4n) is 4.38. The van der Waals surface area contributed by atoms with Crippen LogP contribution in [0.4, 0.5) is 0 Å². The van der Waals surface area contributed by atoms with E-state index in [9.17, 15) is 0 Å². The molecule has 1 heterocycles. The molecule has 0 aromatic carbocycles. The molecule has 3 fully saturated rings. The molecule has 1 aliphatic heterocycles. The van der Waals surface area contributed by atoms with Gasteiger partial charge in [0.1, 0.15) is 0 Å². The van der Waals surface area contributed by atoms with Gasteiger partial charge in [0, 0.05) is 0 Å². The van der Waals surface area contributed by atoms with E-state index in [0.717, 1.165) is 23.7 Å². The largest absolute Gasteiger partial charge is 0.316 e. The highest BCUT2D eigenvalue weighted by Gasteiger charge is 2.39. The van der Waals surface area contributed by atoms with Crippen LogP contribution in [0.5, 0.6) is 0 Å². The van der Waals surface area contributed by atoms with Gasteiger partial charge in [-0.05, 0) is 49.6 Å². The maximum atomic E-state index is 3.56. The highest BCUT2D eigenvalue weighted by Crippen LogP contribution is 2.45. The van der Waals surface area contributed by atoms with Crippen LogP contribution in [0.2, 0.25) is 0 Å². The van der Waals surface area contributed by atoms with Crippen molar-refractivity contribution < 1.29 is 0 Å². The topological polar surface area (TPSA) is 12.0 Å². The van der Waals surface area contributed by atoms with E-state index < -0.39 is 0 Å². The van der Waals surface area contributed by atoms with Gasteiger partial charge in [-0.2, -0.15) is 0 Å². The maximum Gasteiger partial charge on any atom is -0.00172 e. The van der Waals surface area contributed by atoms with Crippen molar-refractivity contribution in [2.24, 2.45) is 23.7 Å². The van der Waals surface area contributed by atoms with Crippen LogP contribution in [0.1, 0.15) is 51.4 Å². The Hall–Kier alpha value is -0.0400. The second-order valence-electron chi connectivity index (χ2n) is 6.16. The zero-order valence-electron chi connectivity index (χ0n) is 9.88. The van der Waals surface area contributed by atoms with Crippen molar-refractivity contribution >= 4 is 0 Å². The van der Waals surface area contributed by atoms with Crippen LogP contribution in [0.15, 0.2) is 0 Å². The quantitative estimate of drug-likeness (QED) is 0.651. The Balaban J connectivity index is 1.58. The predicted octanol–water partition coefficient (Wildman–Crippen LogP) is 3.20. The summed E-state index contributed by atoms with van der Waals surface area (Å²) in [5.41, 5.74) is 0. The summed E-state index contributed by atoms with van der Waals surface area (Å²) < 4.78 is 0. The van der Waals surface area contributed by atoms with E-state index in [1.807, 2.05) is 0 Å². The van der Waals surface area contributed by atoms with Gasteiger partial charge in [-0.3, -0.25) is 0 Å². The molecule has 0 aromatic heterocycles. The van der Waals surface area contributed by atoms with Gasteiger partial charge in [-0.1, -0.05) is 38.5 Å². The van der Waals surface area contributed by atoms with Crippen molar-refractivity contribution in [3.05, 3.63) is 0 Å². The molecular formula is C14H25N. The average molecular weight is 207 g/mol. The molecule has 2 atom stereocenters. The van der Waals surface area contributed by atoms with Gasteiger partial charge in [0.05, 0.1) is 0 Å². The lowest BCUT2D eigenvalue weighted by atomic mass is 9.84. The predicted molar refractivity (Wildman–Crippen MR) is 63.8 cm³/mol. The summed E-state index contributed by atoms with van der Waals surface area (Å²) in [7, 11) is 0. The van der Waals surface area contributed by atoms with Crippen molar-refractivity contribution in [3.63, 3.8) is 0 Å². The van der Waals surface area contributed by atoms with Crippen LogP contribution in [-0.2, 0) is 0 Å². The Kier molecular flexibility index (Phi) is 3.01. The summed E-state index contributed by atoms with van der Waals surface area (Å²) in [4.78, 5) is 0. The lowest BCUT2D eigenvalue weighted by Crippen LogP contribution is -2.17. The molecule has 0 spiro atoms. The second-order valence-corrected chi connectivity index (χ2v) is 6.16. The highest BCUT2D eigenvalue weighted by atomic mass is 14.9. The third-order valence-corrected chi connectivity index (χ3v) is 5.26. The lowest BCUT2D eigenvalue weighted by Gasteiger charge is -2.22. The third-order valence-electron chi connectivity index (χ3n) is 5.26. The van der Waals surface area contributed by atoms with E-state index in [4.69, 9.17) is 0 Å². The third kappa shape index (κ3) is 2.08. The Morgan fingerprint density at radius 1 is 0.600 bits per heavy atom. The minimum Gasteiger partial charge on any atom is -0.316 e. The summed E-state index contributed by atoms with van der Waals surface area (Å²) in [6.07, 6.45) is 12.3. The Morgan fingerprint density at radius 2 is 1.20 bits per heavy atom. The molecule has 2 unspecified atom stereocenters. The molecule has 1 N–H and O–H groups in total.